The van der Waals surface area contributed by atoms with Crippen LogP contribution >= 0.6 is 0 Å². The Labute approximate surface area is 111 Å². The van der Waals surface area contributed by atoms with Crippen LogP contribution in [0.1, 0.15) is 27.7 Å². The average Bonchev–Trinajstić information content (AvgIpc) is 2.14. The van der Waals surface area contributed by atoms with Gasteiger partial charge in [-0.05, 0) is 0 Å². The predicted octanol–water partition coefficient (Wildman–Crippen LogP) is 3.33. The van der Waals surface area contributed by atoms with Gasteiger partial charge in [-0.25, -0.2) is 0 Å². The van der Waals surface area contributed by atoms with Gasteiger partial charge in [-0.2, -0.15) is 0 Å². The van der Waals surface area contributed by atoms with Crippen molar-refractivity contribution in [2.45, 2.75) is 27.7 Å². The second-order valence-electron chi connectivity index (χ2n) is 4.13. The van der Waals surface area contributed by atoms with Crippen molar-refractivity contribution in [2.24, 2.45) is 0 Å². The zero-order chi connectivity index (χ0) is 11.7. The predicted molar refractivity (Wildman–Crippen MR) is 73.6 cm³/mol. The van der Waals surface area contributed by atoms with Crippen molar-refractivity contribution in [1.82, 2.24) is 0 Å². The SMILES string of the molecule is CC1=CC(=C2C=C(C)[Se]C(C)=C2)C=C(C)[Se]1. The molecule has 0 aromatic heterocycles. The molecule has 0 saturated heterocycles. The van der Waals surface area contributed by atoms with Gasteiger partial charge in [0.15, 0.2) is 0 Å². The molecule has 0 radical (unpaired) electrons. The Bertz CT molecular complexity index is 387. The van der Waals surface area contributed by atoms with Crippen LogP contribution in [0.4, 0.5) is 0 Å². The van der Waals surface area contributed by atoms with E-state index in [2.05, 4.69) is 52.0 Å². The average molecular weight is 342 g/mol. The molecule has 0 unspecified atom stereocenters. The van der Waals surface area contributed by atoms with E-state index < -0.39 is 0 Å². The summed E-state index contributed by atoms with van der Waals surface area (Å²) < 4.78 is 6.12. The second-order valence-corrected chi connectivity index (χ2v) is 10.4. The van der Waals surface area contributed by atoms with Crippen molar-refractivity contribution in [3.05, 3.63) is 53.3 Å². The van der Waals surface area contributed by atoms with E-state index >= 15 is 0 Å². The van der Waals surface area contributed by atoms with Gasteiger partial charge >= 0.3 is 111 Å². The first-order valence-corrected chi connectivity index (χ1v) is 8.80. The summed E-state index contributed by atoms with van der Waals surface area (Å²) in [4.78, 5) is 0. The molecular weight excluding hydrogens is 326 g/mol. The van der Waals surface area contributed by atoms with Crippen LogP contribution in [0.15, 0.2) is 53.3 Å². The minimum atomic E-state index is 0.584. The van der Waals surface area contributed by atoms with Crippen LogP contribution < -0.4 is 0 Å². The van der Waals surface area contributed by atoms with Crippen molar-refractivity contribution >= 4 is 29.9 Å². The van der Waals surface area contributed by atoms with Gasteiger partial charge in [-0.1, -0.05) is 0 Å². The Morgan fingerprint density at radius 1 is 0.562 bits per heavy atom. The van der Waals surface area contributed by atoms with Crippen LogP contribution in [0, 0.1) is 0 Å². The molecular formula is C14H16Se2. The summed E-state index contributed by atoms with van der Waals surface area (Å²) in [7, 11) is 0. The third-order valence-electron chi connectivity index (χ3n) is 2.41. The summed E-state index contributed by atoms with van der Waals surface area (Å²) in [5.74, 6) is 0. The van der Waals surface area contributed by atoms with Gasteiger partial charge < -0.3 is 0 Å². The molecule has 2 aliphatic heterocycles. The number of hydrogen-bond acceptors (Lipinski definition) is 0. The van der Waals surface area contributed by atoms with Crippen molar-refractivity contribution in [3.63, 3.8) is 0 Å². The Morgan fingerprint density at radius 3 is 1.06 bits per heavy atom. The number of allylic oxidation sites excluding steroid dienone is 10. The topological polar surface area (TPSA) is 0 Å². The Morgan fingerprint density at radius 2 is 0.812 bits per heavy atom. The van der Waals surface area contributed by atoms with Gasteiger partial charge in [0.1, 0.15) is 0 Å². The number of hydrogen-bond donors (Lipinski definition) is 0. The molecule has 16 heavy (non-hydrogen) atoms. The first-order valence-electron chi connectivity index (χ1n) is 5.38. The van der Waals surface area contributed by atoms with Crippen molar-refractivity contribution in [3.8, 4) is 0 Å². The fraction of sp³-hybridized carbons (Fsp3) is 0.286. The van der Waals surface area contributed by atoms with E-state index in [-0.39, 0.29) is 0 Å². The number of rotatable bonds is 0. The van der Waals surface area contributed by atoms with Gasteiger partial charge in [0, 0.05) is 0 Å². The van der Waals surface area contributed by atoms with Crippen molar-refractivity contribution in [1.29, 1.82) is 0 Å². The van der Waals surface area contributed by atoms with Crippen LogP contribution in [-0.2, 0) is 0 Å². The maximum absolute atomic E-state index is 2.36. The van der Waals surface area contributed by atoms with Gasteiger partial charge in [-0.3, -0.25) is 0 Å². The van der Waals surface area contributed by atoms with E-state index in [0.29, 0.717) is 29.9 Å². The third-order valence-corrected chi connectivity index (χ3v) is 6.10. The molecule has 84 valence electrons. The zero-order valence-electron chi connectivity index (χ0n) is 10.1. The molecule has 0 amide bonds. The summed E-state index contributed by atoms with van der Waals surface area (Å²) in [5.41, 5.74) is 2.80. The van der Waals surface area contributed by atoms with Crippen LogP contribution in [0.5, 0.6) is 0 Å². The fourth-order valence-electron chi connectivity index (χ4n) is 1.92. The molecule has 0 atom stereocenters. The summed E-state index contributed by atoms with van der Waals surface area (Å²) in [6.45, 7) is 8.99. The fourth-order valence-corrected chi connectivity index (χ4v) is 5.61. The van der Waals surface area contributed by atoms with E-state index in [1.165, 1.54) is 29.0 Å². The Balaban J connectivity index is 2.48. The van der Waals surface area contributed by atoms with Crippen molar-refractivity contribution < 1.29 is 0 Å². The molecule has 0 nitrogen and oxygen atoms in total. The molecule has 2 aliphatic rings. The van der Waals surface area contributed by atoms with Gasteiger partial charge in [-0.15, -0.1) is 0 Å². The molecule has 0 aliphatic carbocycles. The molecule has 0 spiro atoms. The van der Waals surface area contributed by atoms with Gasteiger partial charge in [0.05, 0.1) is 0 Å². The summed E-state index contributed by atoms with van der Waals surface area (Å²) >= 11 is 1.17. The minimum absolute atomic E-state index is 0.584. The molecule has 0 fully saturated rings. The normalized spacial score (nSPS) is 21.2. The van der Waals surface area contributed by atoms with E-state index in [0.717, 1.165) is 0 Å². The molecule has 2 rings (SSSR count). The molecule has 0 bridgehead atoms. The molecule has 0 aromatic carbocycles. The summed E-state index contributed by atoms with van der Waals surface area (Å²) in [6.07, 6.45) is 9.42. The van der Waals surface area contributed by atoms with Gasteiger partial charge in [0.25, 0.3) is 0 Å². The third kappa shape index (κ3) is 2.90. The molecule has 2 heteroatoms. The van der Waals surface area contributed by atoms with Crippen LogP contribution in [0.25, 0.3) is 0 Å². The van der Waals surface area contributed by atoms with E-state index in [9.17, 15) is 0 Å². The second kappa shape index (κ2) is 4.94. The van der Waals surface area contributed by atoms with Gasteiger partial charge in [0.2, 0.25) is 0 Å². The maximum atomic E-state index is 2.36. The van der Waals surface area contributed by atoms with E-state index in [1.54, 1.807) is 0 Å². The molecule has 0 saturated carbocycles. The molecule has 0 N–H and O–H groups in total. The quantitative estimate of drug-likeness (QED) is 0.593. The first kappa shape index (κ1) is 12.2. The monoisotopic (exact) mass is 344 g/mol. The van der Waals surface area contributed by atoms with Crippen LogP contribution in [0.2, 0.25) is 0 Å². The molecule has 2 heterocycles. The Hall–Kier alpha value is -0.261. The van der Waals surface area contributed by atoms with E-state index in [1.807, 2.05) is 0 Å². The molecule has 0 aromatic rings. The van der Waals surface area contributed by atoms with Crippen LogP contribution in [-0.4, -0.2) is 29.9 Å². The first-order chi connectivity index (χ1) is 7.54. The standard InChI is InChI=1S/C14H16Se2/c1-9-5-13(6-10(2)15-9)14-7-11(3)16-12(4)8-14/h5-8H,1-4H3. The van der Waals surface area contributed by atoms with Crippen LogP contribution in [0.3, 0.4) is 0 Å². The van der Waals surface area contributed by atoms with E-state index in [4.69, 9.17) is 0 Å². The summed E-state index contributed by atoms with van der Waals surface area (Å²) in [5, 5.41) is 0. The van der Waals surface area contributed by atoms with Crippen molar-refractivity contribution in [2.75, 3.05) is 0 Å². The Kier molecular flexibility index (Phi) is 3.77. The summed E-state index contributed by atoms with van der Waals surface area (Å²) in [6, 6.07) is 0. The zero-order valence-corrected chi connectivity index (χ0v) is 13.6.